The summed E-state index contributed by atoms with van der Waals surface area (Å²) in [5, 5.41) is 0. The van der Waals surface area contributed by atoms with Crippen LogP contribution in [0, 0.1) is 11.8 Å². The molecule has 1 saturated heterocycles. The van der Waals surface area contributed by atoms with E-state index in [9.17, 15) is 0 Å². The van der Waals surface area contributed by atoms with Gasteiger partial charge in [0.15, 0.2) is 0 Å². The van der Waals surface area contributed by atoms with Gasteiger partial charge in [0, 0.05) is 12.3 Å². The molecule has 1 aliphatic heterocycles. The van der Waals surface area contributed by atoms with Crippen LogP contribution in [0.25, 0.3) is 0 Å². The minimum Gasteiger partial charge on any atom is -0.328 e. The molecule has 3 aliphatic rings. The van der Waals surface area contributed by atoms with Gasteiger partial charge in [0.2, 0.25) is 0 Å². The average Bonchev–Trinajstić information content (AvgIpc) is 2.80. The highest BCUT2D eigenvalue weighted by Gasteiger charge is 2.45. The number of rotatable bonds is 1. The van der Waals surface area contributed by atoms with E-state index in [-0.39, 0.29) is 0 Å². The maximum Gasteiger partial charge on any atom is 0.127 e. The second-order valence-electron chi connectivity index (χ2n) is 5.90. The summed E-state index contributed by atoms with van der Waals surface area (Å²) in [7, 11) is 2.34. The Morgan fingerprint density at radius 2 is 1.71 bits per heavy atom. The number of quaternary nitrogens is 2. The molecule has 2 N–H and O–H groups in total. The van der Waals surface area contributed by atoms with Crippen molar-refractivity contribution in [3.8, 4) is 0 Å². The lowest BCUT2D eigenvalue weighted by atomic mass is 9.93. The first kappa shape index (κ1) is 9.17. The van der Waals surface area contributed by atoms with Crippen molar-refractivity contribution >= 4 is 0 Å². The normalized spacial score (nSPS) is 52.5. The second kappa shape index (κ2) is 3.49. The van der Waals surface area contributed by atoms with E-state index in [0.29, 0.717) is 0 Å². The molecular weight excluding hydrogens is 172 g/mol. The summed E-state index contributed by atoms with van der Waals surface area (Å²) < 4.78 is 0. The molecular formula is C12H24N2+2. The molecule has 1 heterocycles. The van der Waals surface area contributed by atoms with E-state index in [2.05, 4.69) is 7.05 Å². The molecule has 14 heavy (non-hydrogen) atoms. The summed E-state index contributed by atoms with van der Waals surface area (Å²) in [5.41, 5.74) is 0. The Morgan fingerprint density at radius 1 is 0.929 bits per heavy atom. The molecule has 0 radical (unpaired) electrons. The molecule has 3 fully saturated rings. The van der Waals surface area contributed by atoms with Crippen LogP contribution in [0.2, 0.25) is 0 Å². The van der Waals surface area contributed by atoms with Gasteiger partial charge in [0.05, 0.1) is 13.1 Å². The van der Waals surface area contributed by atoms with Gasteiger partial charge in [-0.3, -0.25) is 0 Å². The van der Waals surface area contributed by atoms with E-state index < -0.39 is 0 Å². The van der Waals surface area contributed by atoms with Crippen LogP contribution in [0.3, 0.4) is 0 Å². The predicted molar refractivity (Wildman–Crippen MR) is 56.6 cm³/mol. The number of likely N-dealkylation sites (N-methyl/N-ethyl adjacent to an activating group) is 1. The average molecular weight is 196 g/mol. The first-order valence-electron chi connectivity index (χ1n) is 6.49. The minimum atomic E-state index is 1.07. The van der Waals surface area contributed by atoms with Crippen LogP contribution in [-0.4, -0.2) is 39.3 Å². The fraction of sp³-hybridized carbons (Fsp3) is 1.00. The molecule has 0 amide bonds. The third kappa shape index (κ3) is 1.49. The number of hydrogen-bond acceptors (Lipinski definition) is 0. The smallest absolute Gasteiger partial charge is 0.127 e. The van der Waals surface area contributed by atoms with Crippen LogP contribution in [0.4, 0.5) is 0 Å². The summed E-state index contributed by atoms with van der Waals surface area (Å²) in [6, 6.07) is 1.07. The predicted octanol–water partition coefficient (Wildman–Crippen LogP) is -1.41. The SMILES string of the molecule is C[NH+]1CC[NH+]([C@H]2C[C@H]3CC[C@H]2C3)CC1. The van der Waals surface area contributed by atoms with Crippen molar-refractivity contribution in [2.24, 2.45) is 11.8 Å². The Balaban J connectivity index is 1.61. The van der Waals surface area contributed by atoms with Crippen LogP contribution in [-0.2, 0) is 0 Å². The second-order valence-corrected chi connectivity index (χ2v) is 5.90. The Bertz CT molecular complexity index is 208. The molecule has 80 valence electrons. The highest BCUT2D eigenvalue weighted by molar-refractivity contribution is 4.90. The Kier molecular flexibility index (Phi) is 2.29. The van der Waals surface area contributed by atoms with Gasteiger partial charge in [0.1, 0.15) is 26.2 Å². The number of hydrogen-bond donors (Lipinski definition) is 2. The standard InChI is InChI=1S/C12H22N2/c1-13-4-6-14(7-5-13)12-9-10-2-3-11(12)8-10/h10-12H,2-9H2,1H3/p+2/t10-,11-,12-/m0/s1. The van der Waals surface area contributed by atoms with Crippen molar-refractivity contribution in [2.45, 2.75) is 31.7 Å². The Hall–Kier alpha value is -0.0800. The molecule has 0 aromatic rings. The number of piperazine rings is 1. The van der Waals surface area contributed by atoms with Crippen molar-refractivity contribution in [3.63, 3.8) is 0 Å². The Morgan fingerprint density at radius 3 is 2.29 bits per heavy atom. The van der Waals surface area contributed by atoms with Crippen molar-refractivity contribution in [2.75, 3.05) is 33.2 Å². The summed E-state index contributed by atoms with van der Waals surface area (Å²) in [6.45, 7) is 5.70. The van der Waals surface area contributed by atoms with Crippen molar-refractivity contribution in [3.05, 3.63) is 0 Å². The molecule has 0 unspecified atom stereocenters. The Labute approximate surface area is 87.3 Å². The summed E-state index contributed by atoms with van der Waals surface area (Å²) >= 11 is 0. The molecule has 3 rings (SSSR count). The van der Waals surface area contributed by atoms with Gasteiger partial charge >= 0.3 is 0 Å². The minimum absolute atomic E-state index is 1.07. The molecule has 0 aromatic carbocycles. The van der Waals surface area contributed by atoms with E-state index >= 15 is 0 Å². The zero-order chi connectivity index (χ0) is 9.54. The number of fused-ring (bicyclic) bond motifs is 2. The first-order chi connectivity index (χ1) is 6.83. The third-order valence-electron chi connectivity index (χ3n) is 5.01. The molecule has 2 aliphatic carbocycles. The molecule has 2 saturated carbocycles. The van der Waals surface area contributed by atoms with Crippen LogP contribution >= 0.6 is 0 Å². The van der Waals surface area contributed by atoms with Crippen LogP contribution < -0.4 is 9.80 Å². The molecule has 2 heteroatoms. The van der Waals surface area contributed by atoms with E-state index in [0.717, 1.165) is 17.9 Å². The maximum atomic E-state index is 2.34. The fourth-order valence-corrected chi connectivity index (χ4v) is 4.11. The third-order valence-corrected chi connectivity index (χ3v) is 5.01. The van der Waals surface area contributed by atoms with Gasteiger partial charge in [-0.1, -0.05) is 0 Å². The number of nitrogens with one attached hydrogen (secondary N) is 2. The van der Waals surface area contributed by atoms with Gasteiger partial charge in [-0.15, -0.1) is 0 Å². The van der Waals surface area contributed by atoms with Gasteiger partial charge in [-0.25, -0.2) is 0 Å². The van der Waals surface area contributed by atoms with Gasteiger partial charge in [-0.05, 0) is 25.2 Å². The van der Waals surface area contributed by atoms with Crippen molar-refractivity contribution in [1.82, 2.24) is 0 Å². The summed E-state index contributed by atoms with van der Waals surface area (Å²) in [4.78, 5) is 3.71. The van der Waals surface area contributed by atoms with Gasteiger partial charge in [0.25, 0.3) is 0 Å². The summed E-state index contributed by atoms with van der Waals surface area (Å²) in [6.07, 6.45) is 6.26. The van der Waals surface area contributed by atoms with Crippen LogP contribution in [0.5, 0.6) is 0 Å². The monoisotopic (exact) mass is 196 g/mol. The maximum absolute atomic E-state index is 2.34. The zero-order valence-corrected chi connectivity index (χ0v) is 9.39. The van der Waals surface area contributed by atoms with E-state index in [1.54, 1.807) is 30.6 Å². The van der Waals surface area contributed by atoms with E-state index in [4.69, 9.17) is 0 Å². The molecule has 2 nitrogen and oxygen atoms in total. The quantitative estimate of drug-likeness (QED) is 0.510. The van der Waals surface area contributed by atoms with Gasteiger partial charge < -0.3 is 9.80 Å². The van der Waals surface area contributed by atoms with Crippen molar-refractivity contribution < 1.29 is 9.80 Å². The van der Waals surface area contributed by atoms with E-state index in [1.807, 2.05) is 4.90 Å². The molecule has 0 aromatic heterocycles. The lowest BCUT2D eigenvalue weighted by Crippen LogP contribution is -3.28. The van der Waals surface area contributed by atoms with Crippen LogP contribution in [0.1, 0.15) is 25.7 Å². The first-order valence-corrected chi connectivity index (χ1v) is 6.49. The lowest BCUT2D eigenvalue weighted by molar-refractivity contribution is -1.02. The van der Waals surface area contributed by atoms with E-state index in [1.165, 1.54) is 26.2 Å². The summed E-state index contributed by atoms with van der Waals surface area (Å²) in [5.74, 6) is 2.25. The topological polar surface area (TPSA) is 8.88 Å². The highest BCUT2D eigenvalue weighted by Crippen LogP contribution is 2.43. The fourth-order valence-electron chi connectivity index (χ4n) is 4.11. The largest absolute Gasteiger partial charge is 0.328 e. The zero-order valence-electron chi connectivity index (χ0n) is 9.39. The molecule has 2 bridgehead atoms. The van der Waals surface area contributed by atoms with Crippen molar-refractivity contribution in [1.29, 1.82) is 0 Å². The highest BCUT2D eigenvalue weighted by atomic mass is 15.3. The molecule has 3 atom stereocenters. The lowest BCUT2D eigenvalue weighted by Gasteiger charge is -2.35. The van der Waals surface area contributed by atoms with Crippen LogP contribution in [0.15, 0.2) is 0 Å². The molecule has 0 spiro atoms. The van der Waals surface area contributed by atoms with Gasteiger partial charge in [-0.2, -0.15) is 0 Å².